The van der Waals surface area contributed by atoms with Crippen molar-refractivity contribution < 1.29 is 33.4 Å². The van der Waals surface area contributed by atoms with Crippen molar-refractivity contribution in [1.29, 1.82) is 0 Å². The van der Waals surface area contributed by atoms with E-state index in [-0.39, 0.29) is 0 Å². The van der Waals surface area contributed by atoms with Crippen LogP contribution < -0.4 is 0 Å². The van der Waals surface area contributed by atoms with Gasteiger partial charge in [-0.3, -0.25) is 0 Å². The Bertz CT molecular complexity index is 185. The Morgan fingerprint density at radius 1 is 1.00 bits per heavy atom. The van der Waals surface area contributed by atoms with Gasteiger partial charge in [0, 0.05) is 0 Å². The number of aliphatic hydroxyl groups is 6. The Kier molecular flexibility index (Phi) is 3.77. The first-order valence-electron chi connectivity index (χ1n) is 4.23. The molecule has 0 aromatic heterocycles. The van der Waals surface area contributed by atoms with Gasteiger partial charge in [0.15, 0.2) is 0 Å². The van der Waals surface area contributed by atoms with Gasteiger partial charge in [-0.05, 0) is 0 Å². The number of aliphatic hydroxyl groups excluding tert-OH is 4. The van der Waals surface area contributed by atoms with Crippen molar-refractivity contribution in [2.45, 2.75) is 24.4 Å². The zero-order valence-corrected chi connectivity index (χ0v) is 6.25. The highest BCUT2D eigenvalue weighted by Crippen LogP contribution is 2.03. The molecule has 0 aliphatic rings. The van der Waals surface area contributed by atoms with Crippen LogP contribution in [0.3, 0.4) is 0 Å². The lowest BCUT2D eigenvalue weighted by atomic mass is 10.0. The standard InChI is InChI=1S/C6H14O6/c7-1-3(9)5(11)6(12)4(10)2-8/h3-12H,1-2H2/t3-,4+,5-,6-/m1/s1/i3D,5D. The Morgan fingerprint density at radius 3 is 1.83 bits per heavy atom. The first kappa shape index (κ1) is 8.36. The van der Waals surface area contributed by atoms with Gasteiger partial charge in [-0.25, -0.2) is 0 Å². The number of rotatable bonds is 5. The maximum absolute atomic E-state index is 9.16. The van der Waals surface area contributed by atoms with Gasteiger partial charge in [0.25, 0.3) is 0 Å². The third-order valence-electron chi connectivity index (χ3n) is 1.28. The quantitative estimate of drug-likeness (QED) is 0.263. The molecule has 0 amide bonds. The second-order valence-corrected chi connectivity index (χ2v) is 2.18. The van der Waals surface area contributed by atoms with Gasteiger partial charge in [-0.1, -0.05) is 0 Å². The molecule has 0 rings (SSSR count). The van der Waals surface area contributed by atoms with Crippen LogP contribution in [-0.4, -0.2) is 68.2 Å². The SMILES string of the molecule is [2H][C@](O)([C@H](O)[C@@H](O)CO)[C@]([2H])(O)CO. The molecule has 6 nitrogen and oxygen atoms in total. The predicted molar refractivity (Wildman–Crippen MR) is 38.2 cm³/mol. The number of hydrogen-bond donors (Lipinski definition) is 6. The Morgan fingerprint density at radius 2 is 1.50 bits per heavy atom. The maximum Gasteiger partial charge on any atom is 0.111 e. The van der Waals surface area contributed by atoms with Gasteiger partial charge in [-0.15, -0.1) is 0 Å². The van der Waals surface area contributed by atoms with Crippen LogP contribution in [0.5, 0.6) is 0 Å². The van der Waals surface area contributed by atoms with E-state index < -0.39 is 37.6 Å². The van der Waals surface area contributed by atoms with E-state index >= 15 is 0 Å². The Labute approximate surface area is 72.1 Å². The van der Waals surface area contributed by atoms with Crippen LogP contribution in [0, 0.1) is 0 Å². The highest BCUT2D eigenvalue weighted by atomic mass is 16.4. The largest absolute Gasteiger partial charge is 0.394 e. The Balaban J connectivity index is 4.76. The van der Waals surface area contributed by atoms with E-state index in [4.69, 9.17) is 33.4 Å². The van der Waals surface area contributed by atoms with E-state index in [1.807, 2.05) is 0 Å². The van der Waals surface area contributed by atoms with E-state index in [1.54, 1.807) is 0 Å². The van der Waals surface area contributed by atoms with Crippen LogP contribution in [0.4, 0.5) is 0 Å². The van der Waals surface area contributed by atoms with Gasteiger partial charge < -0.3 is 30.6 Å². The Hall–Kier alpha value is -0.240. The van der Waals surface area contributed by atoms with Gasteiger partial charge in [0.05, 0.1) is 16.0 Å². The fourth-order valence-electron chi connectivity index (χ4n) is 0.534. The van der Waals surface area contributed by atoms with Gasteiger partial charge in [-0.2, -0.15) is 0 Å². The van der Waals surface area contributed by atoms with Crippen LogP contribution in [0.15, 0.2) is 0 Å². The first-order chi connectivity index (χ1) is 6.20. The molecule has 12 heavy (non-hydrogen) atoms. The molecule has 0 aromatic rings. The molecular formula is C6H14O6. The second-order valence-electron chi connectivity index (χ2n) is 2.18. The van der Waals surface area contributed by atoms with Crippen molar-refractivity contribution in [1.82, 2.24) is 0 Å². The molecule has 0 aliphatic carbocycles. The van der Waals surface area contributed by atoms with Crippen LogP contribution in [0.1, 0.15) is 2.74 Å². The highest BCUT2D eigenvalue weighted by Gasteiger charge is 2.29. The summed E-state index contributed by atoms with van der Waals surface area (Å²) in [6.07, 6.45) is -10.4. The number of hydrogen-bond acceptors (Lipinski definition) is 6. The van der Waals surface area contributed by atoms with Crippen molar-refractivity contribution in [3.63, 3.8) is 0 Å². The minimum Gasteiger partial charge on any atom is -0.394 e. The molecule has 6 heteroatoms. The zero-order valence-electron chi connectivity index (χ0n) is 8.25. The van der Waals surface area contributed by atoms with E-state index in [0.717, 1.165) is 0 Å². The summed E-state index contributed by atoms with van der Waals surface area (Å²) in [6.45, 7) is -2.26. The summed E-state index contributed by atoms with van der Waals surface area (Å²) >= 11 is 0. The van der Waals surface area contributed by atoms with Crippen molar-refractivity contribution in [2.75, 3.05) is 13.2 Å². The minimum atomic E-state index is -3.20. The molecule has 0 unspecified atom stereocenters. The van der Waals surface area contributed by atoms with E-state index in [0.29, 0.717) is 0 Å². The van der Waals surface area contributed by atoms with Gasteiger partial charge >= 0.3 is 0 Å². The molecule has 0 spiro atoms. The molecule has 74 valence electrons. The predicted octanol–water partition coefficient (Wildman–Crippen LogP) is -3.59. The summed E-state index contributed by atoms with van der Waals surface area (Å²) in [7, 11) is 0. The molecule has 0 bridgehead atoms. The monoisotopic (exact) mass is 184 g/mol. The van der Waals surface area contributed by atoms with Crippen LogP contribution in [0.25, 0.3) is 0 Å². The highest BCUT2D eigenvalue weighted by molar-refractivity contribution is 4.79. The minimum absolute atomic E-state index is 0.954. The van der Waals surface area contributed by atoms with Crippen LogP contribution in [0.2, 0.25) is 0 Å². The lowest BCUT2D eigenvalue weighted by molar-refractivity contribution is -0.123. The summed E-state index contributed by atoms with van der Waals surface area (Å²) in [5.74, 6) is 0. The molecule has 4 atom stereocenters. The van der Waals surface area contributed by atoms with Crippen molar-refractivity contribution in [2.24, 2.45) is 0 Å². The third kappa shape index (κ3) is 3.02. The lowest BCUT2D eigenvalue weighted by Gasteiger charge is -2.24. The summed E-state index contributed by atoms with van der Waals surface area (Å²) < 4.78 is 13.9. The molecule has 0 radical (unpaired) electrons. The van der Waals surface area contributed by atoms with Gasteiger partial charge in [0.2, 0.25) is 0 Å². The van der Waals surface area contributed by atoms with Crippen LogP contribution in [-0.2, 0) is 0 Å². The van der Waals surface area contributed by atoms with Crippen LogP contribution >= 0.6 is 0 Å². The smallest absolute Gasteiger partial charge is 0.111 e. The maximum atomic E-state index is 9.16. The average molecular weight is 184 g/mol. The van der Waals surface area contributed by atoms with E-state index in [1.165, 1.54) is 0 Å². The fourth-order valence-corrected chi connectivity index (χ4v) is 0.534. The second kappa shape index (κ2) is 5.41. The van der Waals surface area contributed by atoms with Gasteiger partial charge in [0.1, 0.15) is 24.4 Å². The van der Waals surface area contributed by atoms with Crippen molar-refractivity contribution >= 4 is 0 Å². The molecule has 0 saturated carbocycles. The van der Waals surface area contributed by atoms with Crippen molar-refractivity contribution in [3.8, 4) is 0 Å². The molecule has 0 saturated heterocycles. The van der Waals surface area contributed by atoms with E-state index in [9.17, 15) is 0 Å². The molecule has 0 aliphatic heterocycles. The van der Waals surface area contributed by atoms with E-state index in [2.05, 4.69) is 0 Å². The summed E-state index contributed by atoms with van der Waals surface area (Å²) in [6, 6.07) is 0. The summed E-state index contributed by atoms with van der Waals surface area (Å²) in [4.78, 5) is 0. The molecule has 0 heterocycles. The zero-order chi connectivity index (χ0) is 11.6. The topological polar surface area (TPSA) is 121 Å². The molecule has 0 aromatic carbocycles. The van der Waals surface area contributed by atoms with Crippen molar-refractivity contribution in [3.05, 3.63) is 0 Å². The first-order valence-corrected chi connectivity index (χ1v) is 3.23. The normalized spacial score (nSPS) is 29.2. The third-order valence-corrected chi connectivity index (χ3v) is 1.28. The molecule has 6 N–H and O–H groups in total. The summed E-state index contributed by atoms with van der Waals surface area (Å²) in [5.41, 5.74) is 0. The fraction of sp³-hybridized carbons (Fsp3) is 1.00. The lowest BCUT2D eigenvalue weighted by Crippen LogP contribution is -2.46. The average Bonchev–Trinajstić information content (AvgIpc) is 2.14. The summed E-state index contributed by atoms with van der Waals surface area (Å²) in [5, 5.41) is 52.9. The molecule has 0 fully saturated rings. The molecular weight excluding hydrogens is 168 g/mol.